The molecule has 1 amide bonds. The van der Waals surface area contributed by atoms with Crippen LogP contribution in [0, 0.1) is 5.92 Å². The molecule has 0 aliphatic carbocycles. The van der Waals surface area contributed by atoms with Gasteiger partial charge in [0.25, 0.3) is 10.2 Å². The average molecular weight is 361 g/mol. The van der Waals surface area contributed by atoms with Crippen LogP contribution in [0.25, 0.3) is 10.8 Å². The van der Waals surface area contributed by atoms with E-state index in [1.807, 2.05) is 42.5 Å². The van der Waals surface area contributed by atoms with Gasteiger partial charge in [0.1, 0.15) is 0 Å². The maximum atomic E-state index is 12.7. The van der Waals surface area contributed by atoms with Crippen LogP contribution >= 0.6 is 0 Å². The lowest BCUT2D eigenvalue weighted by molar-refractivity contribution is -0.120. The fourth-order valence-electron chi connectivity index (χ4n) is 3.17. The predicted molar refractivity (Wildman–Crippen MR) is 99.5 cm³/mol. The van der Waals surface area contributed by atoms with Gasteiger partial charge < -0.3 is 5.32 Å². The normalized spacial score (nSPS) is 19.2. The molecule has 1 heterocycles. The molecule has 1 saturated heterocycles. The van der Waals surface area contributed by atoms with Gasteiger partial charge >= 0.3 is 0 Å². The molecule has 0 spiro atoms. The Labute approximate surface area is 148 Å². The monoisotopic (exact) mass is 361 g/mol. The van der Waals surface area contributed by atoms with Crippen molar-refractivity contribution in [1.82, 2.24) is 8.61 Å². The van der Waals surface area contributed by atoms with E-state index < -0.39 is 10.2 Å². The maximum Gasteiger partial charge on any atom is 0.281 e. The standard InChI is InChI=1S/C18H23N3O3S/c1-20(2)25(23,24)21-12-6-9-15(13-21)18(22)19-17-11-5-8-14-7-3-4-10-16(14)17/h3-5,7-8,10-11,15H,6,9,12-13H2,1-2H3,(H,19,22). The Bertz CT molecular complexity index is 875. The minimum Gasteiger partial charge on any atom is -0.325 e. The SMILES string of the molecule is CN(C)S(=O)(=O)N1CCCC(C(=O)Nc2cccc3ccccc23)C1. The van der Waals surface area contributed by atoms with E-state index in [2.05, 4.69) is 5.32 Å². The van der Waals surface area contributed by atoms with Crippen molar-refractivity contribution in [2.45, 2.75) is 12.8 Å². The summed E-state index contributed by atoms with van der Waals surface area (Å²) in [5.74, 6) is -0.475. The minimum absolute atomic E-state index is 0.130. The Morgan fingerprint density at radius 3 is 2.64 bits per heavy atom. The molecule has 1 atom stereocenters. The molecular formula is C18H23N3O3S. The number of amides is 1. The number of piperidine rings is 1. The summed E-state index contributed by atoms with van der Waals surface area (Å²) in [4.78, 5) is 12.7. The Morgan fingerprint density at radius 1 is 1.16 bits per heavy atom. The summed E-state index contributed by atoms with van der Waals surface area (Å²) in [6.45, 7) is 0.676. The molecule has 1 N–H and O–H groups in total. The first-order chi connectivity index (χ1) is 11.9. The second-order valence-corrected chi connectivity index (χ2v) is 8.65. The minimum atomic E-state index is -3.49. The third-order valence-corrected chi connectivity index (χ3v) is 6.50. The van der Waals surface area contributed by atoms with Gasteiger partial charge in [0, 0.05) is 38.3 Å². The predicted octanol–water partition coefficient (Wildman–Crippen LogP) is 2.30. The lowest BCUT2D eigenvalue weighted by atomic mass is 9.98. The molecule has 0 radical (unpaired) electrons. The third kappa shape index (κ3) is 3.68. The van der Waals surface area contributed by atoms with Gasteiger partial charge in [-0.3, -0.25) is 4.79 Å². The zero-order valence-electron chi connectivity index (χ0n) is 14.5. The first-order valence-electron chi connectivity index (χ1n) is 8.36. The van der Waals surface area contributed by atoms with Crippen molar-refractivity contribution in [1.29, 1.82) is 0 Å². The van der Waals surface area contributed by atoms with E-state index in [1.165, 1.54) is 22.7 Å². The average Bonchev–Trinajstić information content (AvgIpc) is 2.62. The number of hydrogen-bond acceptors (Lipinski definition) is 3. The van der Waals surface area contributed by atoms with Crippen LogP contribution in [0.1, 0.15) is 12.8 Å². The Kier molecular flexibility index (Phi) is 5.08. The lowest BCUT2D eigenvalue weighted by Gasteiger charge is -2.32. The van der Waals surface area contributed by atoms with E-state index in [0.717, 1.165) is 16.5 Å². The van der Waals surface area contributed by atoms with Crippen molar-refractivity contribution in [2.75, 3.05) is 32.5 Å². The molecular weight excluding hydrogens is 338 g/mol. The number of anilines is 1. The maximum absolute atomic E-state index is 12.7. The zero-order valence-corrected chi connectivity index (χ0v) is 15.3. The third-order valence-electron chi connectivity index (χ3n) is 4.59. The van der Waals surface area contributed by atoms with Crippen molar-refractivity contribution < 1.29 is 13.2 Å². The molecule has 1 aliphatic heterocycles. The van der Waals surface area contributed by atoms with Crippen molar-refractivity contribution in [3.63, 3.8) is 0 Å². The number of carbonyl (C=O) groups is 1. The quantitative estimate of drug-likeness (QED) is 0.908. The first kappa shape index (κ1) is 17.8. The summed E-state index contributed by atoms with van der Waals surface area (Å²) in [5.41, 5.74) is 0.760. The summed E-state index contributed by atoms with van der Waals surface area (Å²) in [5, 5.41) is 5.02. The van der Waals surface area contributed by atoms with E-state index >= 15 is 0 Å². The van der Waals surface area contributed by atoms with E-state index in [1.54, 1.807) is 0 Å². The molecule has 3 rings (SSSR count). The number of rotatable bonds is 4. The molecule has 2 aromatic rings. The first-order valence-corrected chi connectivity index (χ1v) is 9.75. The van der Waals surface area contributed by atoms with Crippen molar-refractivity contribution in [3.8, 4) is 0 Å². The smallest absolute Gasteiger partial charge is 0.281 e. The Morgan fingerprint density at radius 2 is 1.88 bits per heavy atom. The fourth-order valence-corrected chi connectivity index (χ4v) is 4.36. The van der Waals surface area contributed by atoms with Gasteiger partial charge in [0.2, 0.25) is 5.91 Å². The van der Waals surface area contributed by atoms with Gasteiger partial charge in [0.15, 0.2) is 0 Å². The summed E-state index contributed by atoms with van der Waals surface area (Å²) < 4.78 is 27.2. The van der Waals surface area contributed by atoms with Crippen molar-refractivity contribution in [3.05, 3.63) is 42.5 Å². The highest BCUT2D eigenvalue weighted by Gasteiger charge is 2.33. The molecule has 25 heavy (non-hydrogen) atoms. The van der Waals surface area contributed by atoms with E-state index in [-0.39, 0.29) is 18.4 Å². The second-order valence-electron chi connectivity index (χ2n) is 6.50. The Hall–Kier alpha value is -1.96. The molecule has 0 aromatic heterocycles. The highest BCUT2D eigenvalue weighted by molar-refractivity contribution is 7.86. The molecule has 2 aromatic carbocycles. The number of fused-ring (bicyclic) bond motifs is 1. The molecule has 1 aliphatic rings. The molecule has 1 unspecified atom stereocenters. The van der Waals surface area contributed by atoms with Crippen LogP contribution in [-0.4, -0.2) is 50.1 Å². The molecule has 0 saturated carbocycles. The van der Waals surface area contributed by atoms with Gasteiger partial charge in [0.05, 0.1) is 5.92 Å². The van der Waals surface area contributed by atoms with E-state index in [9.17, 15) is 13.2 Å². The molecule has 0 bridgehead atoms. The van der Waals surface area contributed by atoms with Crippen LogP contribution in [0.4, 0.5) is 5.69 Å². The molecule has 1 fully saturated rings. The largest absolute Gasteiger partial charge is 0.325 e. The fraction of sp³-hybridized carbons (Fsp3) is 0.389. The van der Waals surface area contributed by atoms with Gasteiger partial charge in [-0.05, 0) is 24.3 Å². The van der Waals surface area contributed by atoms with Gasteiger partial charge in [-0.15, -0.1) is 0 Å². The van der Waals surface area contributed by atoms with Crippen LogP contribution in [-0.2, 0) is 15.0 Å². The summed E-state index contributed by atoms with van der Waals surface area (Å²) >= 11 is 0. The van der Waals surface area contributed by atoms with Gasteiger partial charge in [-0.1, -0.05) is 36.4 Å². The number of nitrogens with one attached hydrogen (secondary N) is 1. The van der Waals surface area contributed by atoms with E-state index in [4.69, 9.17) is 0 Å². The zero-order chi connectivity index (χ0) is 18.0. The summed E-state index contributed by atoms with van der Waals surface area (Å²) in [6.07, 6.45) is 1.37. The second kappa shape index (κ2) is 7.11. The molecule has 134 valence electrons. The van der Waals surface area contributed by atoms with Crippen LogP contribution in [0.15, 0.2) is 42.5 Å². The summed E-state index contributed by atoms with van der Waals surface area (Å²) in [7, 11) is -0.469. The number of benzene rings is 2. The number of nitrogens with zero attached hydrogens (tertiary/aromatic N) is 2. The highest BCUT2D eigenvalue weighted by Crippen LogP contribution is 2.26. The lowest BCUT2D eigenvalue weighted by Crippen LogP contribution is -2.47. The van der Waals surface area contributed by atoms with E-state index in [0.29, 0.717) is 19.4 Å². The van der Waals surface area contributed by atoms with Crippen molar-refractivity contribution >= 4 is 32.6 Å². The molecule has 7 heteroatoms. The van der Waals surface area contributed by atoms with Gasteiger partial charge in [-0.2, -0.15) is 17.0 Å². The van der Waals surface area contributed by atoms with Crippen LogP contribution in [0.5, 0.6) is 0 Å². The van der Waals surface area contributed by atoms with Crippen LogP contribution in [0.3, 0.4) is 0 Å². The van der Waals surface area contributed by atoms with Gasteiger partial charge in [-0.25, -0.2) is 0 Å². The van der Waals surface area contributed by atoms with Crippen molar-refractivity contribution in [2.24, 2.45) is 5.92 Å². The Balaban J connectivity index is 1.77. The molecule has 6 nitrogen and oxygen atoms in total. The number of carbonyl (C=O) groups excluding carboxylic acids is 1. The summed E-state index contributed by atoms with van der Waals surface area (Å²) in [6, 6.07) is 13.6. The highest BCUT2D eigenvalue weighted by atomic mass is 32.2. The number of hydrogen-bond donors (Lipinski definition) is 1. The van der Waals surface area contributed by atoms with Crippen LogP contribution in [0.2, 0.25) is 0 Å². The van der Waals surface area contributed by atoms with Crippen LogP contribution < -0.4 is 5.32 Å². The topological polar surface area (TPSA) is 69.7 Å².